The lowest BCUT2D eigenvalue weighted by molar-refractivity contribution is -0.137. The topological polar surface area (TPSA) is 57.8 Å². The number of para-hydroxylation sites is 2. The maximum Gasteiger partial charge on any atom is 0.416 e. The fraction of sp³-hybridized carbons (Fsp3) is 0.222. The summed E-state index contributed by atoms with van der Waals surface area (Å²) in [6.07, 6.45) is -3.19. The molecular formula is C18H16F3N3O. The number of hydrogen-bond donors (Lipinski definition) is 2. The number of nitrogens with zero attached hydrogens (tertiary/aromatic N) is 1. The molecule has 0 radical (unpaired) electrons. The van der Waals surface area contributed by atoms with Crippen LogP contribution < -0.4 is 5.32 Å². The summed E-state index contributed by atoms with van der Waals surface area (Å²) in [4.78, 5) is 19.6. The fourth-order valence-corrected chi connectivity index (χ4v) is 2.52. The summed E-state index contributed by atoms with van der Waals surface area (Å²) in [6, 6.07) is 12.1. The van der Waals surface area contributed by atoms with Crippen LogP contribution >= 0.6 is 0 Å². The van der Waals surface area contributed by atoms with Gasteiger partial charge >= 0.3 is 6.18 Å². The summed E-state index contributed by atoms with van der Waals surface area (Å²) in [5.74, 6) is 0.297. The molecular weight excluding hydrogens is 331 g/mol. The monoisotopic (exact) mass is 347 g/mol. The quantitative estimate of drug-likeness (QED) is 0.687. The van der Waals surface area contributed by atoms with Crippen molar-refractivity contribution >= 4 is 16.9 Å². The minimum atomic E-state index is -4.46. The predicted molar refractivity (Wildman–Crippen MR) is 88.2 cm³/mol. The van der Waals surface area contributed by atoms with E-state index < -0.39 is 17.6 Å². The molecule has 1 heterocycles. The van der Waals surface area contributed by atoms with E-state index in [0.717, 1.165) is 29.0 Å². The van der Waals surface area contributed by atoms with Gasteiger partial charge in [0, 0.05) is 18.5 Å². The number of aryl methyl sites for hydroxylation is 1. The minimum absolute atomic E-state index is 0.00133. The number of halogens is 3. The number of fused-ring (bicyclic) bond motifs is 1. The Morgan fingerprint density at radius 1 is 1.12 bits per heavy atom. The maximum atomic E-state index is 12.7. The van der Waals surface area contributed by atoms with Crippen LogP contribution in [0, 0.1) is 0 Å². The number of nitrogens with one attached hydrogen (secondary N) is 2. The lowest BCUT2D eigenvalue weighted by Crippen LogP contribution is -2.25. The second-order valence-corrected chi connectivity index (χ2v) is 5.64. The van der Waals surface area contributed by atoms with E-state index in [2.05, 4.69) is 15.3 Å². The van der Waals surface area contributed by atoms with E-state index in [0.29, 0.717) is 19.4 Å². The van der Waals surface area contributed by atoms with Gasteiger partial charge in [-0.05, 0) is 36.8 Å². The molecule has 0 aliphatic carbocycles. The van der Waals surface area contributed by atoms with E-state index in [1.807, 2.05) is 24.3 Å². The van der Waals surface area contributed by atoms with Gasteiger partial charge in [0.05, 0.1) is 16.6 Å². The molecule has 3 aromatic rings. The van der Waals surface area contributed by atoms with Crippen molar-refractivity contribution in [1.29, 1.82) is 0 Å². The molecule has 0 saturated heterocycles. The normalized spacial score (nSPS) is 11.6. The van der Waals surface area contributed by atoms with Crippen LogP contribution in [0.1, 0.15) is 28.2 Å². The number of benzene rings is 2. The Kier molecular flexibility index (Phi) is 4.74. The van der Waals surface area contributed by atoms with Gasteiger partial charge in [-0.2, -0.15) is 13.2 Å². The first-order valence-corrected chi connectivity index (χ1v) is 7.82. The molecule has 0 bridgehead atoms. The summed E-state index contributed by atoms with van der Waals surface area (Å²) in [5.41, 5.74) is 0.997. The van der Waals surface area contributed by atoms with Crippen LogP contribution in [0.2, 0.25) is 0 Å². The third-order valence-corrected chi connectivity index (χ3v) is 3.77. The molecule has 130 valence electrons. The van der Waals surface area contributed by atoms with Crippen LogP contribution in [0.5, 0.6) is 0 Å². The van der Waals surface area contributed by atoms with E-state index in [-0.39, 0.29) is 5.56 Å². The molecule has 0 spiro atoms. The molecule has 1 amide bonds. The van der Waals surface area contributed by atoms with Crippen molar-refractivity contribution in [1.82, 2.24) is 15.3 Å². The zero-order valence-corrected chi connectivity index (χ0v) is 13.2. The van der Waals surface area contributed by atoms with E-state index in [1.54, 1.807) is 0 Å². The average Bonchev–Trinajstić information content (AvgIpc) is 3.00. The van der Waals surface area contributed by atoms with Gasteiger partial charge in [-0.1, -0.05) is 18.2 Å². The van der Waals surface area contributed by atoms with E-state index >= 15 is 0 Å². The molecule has 0 fully saturated rings. The minimum Gasteiger partial charge on any atom is -0.352 e. The van der Waals surface area contributed by atoms with Gasteiger partial charge in [0.25, 0.3) is 5.91 Å². The maximum absolute atomic E-state index is 12.7. The van der Waals surface area contributed by atoms with Crippen LogP contribution in [0.4, 0.5) is 13.2 Å². The number of aromatic nitrogens is 2. The highest BCUT2D eigenvalue weighted by atomic mass is 19.4. The zero-order valence-electron chi connectivity index (χ0n) is 13.2. The van der Waals surface area contributed by atoms with Crippen molar-refractivity contribution in [3.05, 3.63) is 65.5 Å². The fourth-order valence-electron chi connectivity index (χ4n) is 2.52. The molecule has 1 aromatic heterocycles. The molecule has 0 aliphatic heterocycles. The van der Waals surface area contributed by atoms with Crippen LogP contribution in [-0.4, -0.2) is 22.4 Å². The molecule has 0 atom stereocenters. The first kappa shape index (κ1) is 17.0. The molecule has 2 aromatic carbocycles. The second-order valence-electron chi connectivity index (χ2n) is 5.64. The van der Waals surface area contributed by atoms with Crippen LogP contribution in [-0.2, 0) is 12.6 Å². The molecule has 0 saturated carbocycles. The van der Waals surface area contributed by atoms with Crippen LogP contribution in [0.3, 0.4) is 0 Å². The Morgan fingerprint density at radius 3 is 2.68 bits per heavy atom. The first-order chi connectivity index (χ1) is 11.9. The van der Waals surface area contributed by atoms with Crippen molar-refractivity contribution in [3.8, 4) is 0 Å². The Morgan fingerprint density at radius 2 is 1.92 bits per heavy atom. The van der Waals surface area contributed by atoms with Crippen molar-refractivity contribution in [2.45, 2.75) is 19.0 Å². The first-order valence-electron chi connectivity index (χ1n) is 7.82. The molecule has 25 heavy (non-hydrogen) atoms. The number of aromatic amines is 1. The Hall–Kier alpha value is -2.83. The highest BCUT2D eigenvalue weighted by molar-refractivity contribution is 5.94. The molecule has 7 heteroatoms. The van der Waals surface area contributed by atoms with Gasteiger partial charge in [0.15, 0.2) is 0 Å². The number of rotatable bonds is 5. The number of H-pyrrole nitrogens is 1. The molecule has 0 aliphatic rings. The third-order valence-electron chi connectivity index (χ3n) is 3.77. The van der Waals surface area contributed by atoms with Gasteiger partial charge in [-0.25, -0.2) is 4.98 Å². The summed E-state index contributed by atoms with van der Waals surface area (Å²) in [7, 11) is 0. The van der Waals surface area contributed by atoms with Crippen LogP contribution in [0.25, 0.3) is 11.0 Å². The number of imidazole rings is 1. The highest BCUT2D eigenvalue weighted by Gasteiger charge is 2.30. The Labute approximate surface area is 142 Å². The number of carbonyl (C=O) groups excluding carboxylic acids is 1. The SMILES string of the molecule is O=C(NCCCc1nc2ccccc2[nH]1)c1cccc(C(F)(F)F)c1. The van der Waals surface area contributed by atoms with E-state index in [4.69, 9.17) is 0 Å². The largest absolute Gasteiger partial charge is 0.416 e. The zero-order chi connectivity index (χ0) is 17.9. The summed E-state index contributed by atoms with van der Waals surface area (Å²) in [6.45, 7) is 0.353. The average molecular weight is 347 g/mol. The van der Waals surface area contributed by atoms with Crippen molar-refractivity contribution in [2.24, 2.45) is 0 Å². The molecule has 0 unspecified atom stereocenters. The number of amides is 1. The number of alkyl halides is 3. The van der Waals surface area contributed by atoms with Gasteiger partial charge in [-0.15, -0.1) is 0 Å². The number of carbonyl (C=O) groups is 1. The smallest absolute Gasteiger partial charge is 0.352 e. The highest BCUT2D eigenvalue weighted by Crippen LogP contribution is 2.29. The van der Waals surface area contributed by atoms with Crippen molar-refractivity contribution < 1.29 is 18.0 Å². The van der Waals surface area contributed by atoms with Crippen molar-refractivity contribution in [3.63, 3.8) is 0 Å². The van der Waals surface area contributed by atoms with Gasteiger partial charge in [0.2, 0.25) is 0 Å². The summed E-state index contributed by atoms with van der Waals surface area (Å²) < 4.78 is 38.0. The third kappa shape index (κ3) is 4.17. The predicted octanol–water partition coefficient (Wildman–Crippen LogP) is 3.94. The lowest BCUT2D eigenvalue weighted by Gasteiger charge is -2.09. The number of hydrogen-bond acceptors (Lipinski definition) is 2. The van der Waals surface area contributed by atoms with Gasteiger partial charge in [-0.3, -0.25) is 4.79 Å². The summed E-state index contributed by atoms with van der Waals surface area (Å²) >= 11 is 0. The lowest BCUT2D eigenvalue weighted by atomic mass is 10.1. The molecule has 3 rings (SSSR count). The van der Waals surface area contributed by atoms with Gasteiger partial charge < -0.3 is 10.3 Å². The standard InChI is InChI=1S/C18H16F3N3O/c19-18(20,21)13-6-3-5-12(11-13)17(25)22-10-4-9-16-23-14-7-1-2-8-15(14)24-16/h1-3,5-8,11H,4,9-10H2,(H,22,25)(H,23,24). The molecule has 2 N–H and O–H groups in total. The Balaban J connectivity index is 1.52. The van der Waals surface area contributed by atoms with Gasteiger partial charge in [0.1, 0.15) is 5.82 Å². The Bertz CT molecular complexity index is 853. The summed E-state index contributed by atoms with van der Waals surface area (Å²) in [5, 5.41) is 2.63. The van der Waals surface area contributed by atoms with E-state index in [9.17, 15) is 18.0 Å². The van der Waals surface area contributed by atoms with Crippen molar-refractivity contribution in [2.75, 3.05) is 6.54 Å². The van der Waals surface area contributed by atoms with Crippen LogP contribution in [0.15, 0.2) is 48.5 Å². The molecule has 4 nitrogen and oxygen atoms in total. The van der Waals surface area contributed by atoms with E-state index in [1.165, 1.54) is 12.1 Å². The second kappa shape index (κ2) is 6.96.